The number of carbonyl (C=O) groups is 1. The van der Waals surface area contributed by atoms with E-state index in [-0.39, 0.29) is 5.91 Å². The van der Waals surface area contributed by atoms with Crippen LogP contribution in [-0.2, 0) is 4.79 Å². The number of nitrogens with two attached hydrogens (primary N) is 1. The zero-order valence-electron chi connectivity index (χ0n) is 12.6. The van der Waals surface area contributed by atoms with Gasteiger partial charge in [-0.05, 0) is 37.9 Å². The van der Waals surface area contributed by atoms with E-state index < -0.39 is 0 Å². The minimum Gasteiger partial charge on any atom is -0.397 e. The Morgan fingerprint density at radius 2 is 2.24 bits per heavy atom. The maximum atomic E-state index is 12.3. The average Bonchev–Trinajstić information content (AvgIpc) is 2.90. The molecule has 5 heteroatoms. The molecule has 3 N–H and O–H groups in total. The topological polar surface area (TPSA) is 61.6 Å². The molecule has 0 aliphatic carbocycles. The molecule has 3 rings (SSSR count). The molecule has 0 bridgehead atoms. The summed E-state index contributed by atoms with van der Waals surface area (Å²) < 4.78 is 0. The SMILES string of the molecule is Cc1cccc(N)c1NC(=O)CN1CCN2CCCC2C1. The summed E-state index contributed by atoms with van der Waals surface area (Å²) in [6, 6.07) is 6.33. The number of nitrogens with one attached hydrogen (secondary N) is 1. The fourth-order valence-electron chi connectivity index (χ4n) is 3.44. The summed E-state index contributed by atoms with van der Waals surface area (Å²) in [5.41, 5.74) is 8.32. The highest BCUT2D eigenvalue weighted by Gasteiger charge is 2.31. The third-order valence-corrected chi connectivity index (χ3v) is 4.61. The van der Waals surface area contributed by atoms with E-state index in [1.54, 1.807) is 0 Å². The molecule has 2 heterocycles. The number of nitrogen functional groups attached to an aromatic ring is 1. The quantitative estimate of drug-likeness (QED) is 0.823. The Hall–Kier alpha value is -1.59. The molecule has 1 aromatic rings. The second kappa shape index (κ2) is 6.03. The van der Waals surface area contributed by atoms with Gasteiger partial charge in [-0.25, -0.2) is 0 Å². The van der Waals surface area contributed by atoms with Crippen LogP contribution in [0.2, 0.25) is 0 Å². The molecule has 1 amide bonds. The van der Waals surface area contributed by atoms with Crippen molar-refractivity contribution < 1.29 is 4.79 Å². The first-order valence-corrected chi connectivity index (χ1v) is 7.75. The molecule has 0 saturated carbocycles. The average molecular weight is 288 g/mol. The number of piperazine rings is 1. The fraction of sp³-hybridized carbons (Fsp3) is 0.562. The standard InChI is InChI=1S/C16H24N4O/c1-12-4-2-6-14(17)16(12)18-15(21)11-19-8-9-20-7-3-5-13(20)10-19/h2,4,6,13H,3,5,7-11,17H2,1H3,(H,18,21). The van der Waals surface area contributed by atoms with Gasteiger partial charge >= 0.3 is 0 Å². The number of aryl methyl sites for hydroxylation is 1. The van der Waals surface area contributed by atoms with Crippen LogP contribution in [0.3, 0.4) is 0 Å². The molecule has 2 aliphatic heterocycles. The van der Waals surface area contributed by atoms with Crippen molar-refractivity contribution in [2.24, 2.45) is 0 Å². The van der Waals surface area contributed by atoms with Crippen molar-refractivity contribution in [1.82, 2.24) is 9.80 Å². The number of rotatable bonds is 3. The Morgan fingerprint density at radius 1 is 1.38 bits per heavy atom. The van der Waals surface area contributed by atoms with Crippen LogP contribution in [0.15, 0.2) is 18.2 Å². The highest BCUT2D eigenvalue weighted by Crippen LogP contribution is 2.23. The number of para-hydroxylation sites is 1. The van der Waals surface area contributed by atoms with Gasteiger partial charge in [0.15, 0.2) is 0 Å². The summed E-state index contributed by atoms with van der Waals surface area (Å²) in [6.07, 6.45) is 2.56. The third-order valence-electron chi connectivity index (χ3n) is 4.61. The highest BCUT2D eigenvalue weighted by molar-refractivity contribution is 5.96. The van der Waals surface area contributed by atoms with Crippen molar-refractivity contribution >= 4 is 17.3 Å². The molecule has 114 valence electrons. The number of carbonyl (C=O) groups excluding carboxylic acids is 1. The van der Waals surface area contributed by atoms with Gasteiger partial charge in [0.05, 0.1) is 17.9 Å². The Bertz CT molecular complexity index is 511. The predicted molar refractivity (Wildman–Crippen MR) is 85.3 cm³/mol. The van der Waals surface area contributed by atoms with Gasteiger partial charge in [0, 0.05) is 25.7 Å². The number of anilines is 2. The number of fused-ring (bicyclic) bond motifs is 1. The highest BCUT2D eigenvalue weighted by atomic mass is 16.2. The van der Waals surface area contributed by atoms with Crippen LogP contribution in [0.4, 0.5) is 11.4 Å². The second-order valence-electron chi connectivity index (χ2n) is 6.15. The fourth-order valence-corrected chi connectivity index (χ4v) is 3.44. The Morgan fingerprint density at radius 3 is 3.05 bits per heavy atom. The minimum absolute atomic E-state index is 0.0300. The largest absolute Gasteiger partial charge is 0.397 e. The summed E-state index contributed by atoms with van der Waals surface area (Å²) in [6.45, 7) is 6.72. The van der Waals surface area contributed by atoms with E-state index in [0.29, 0.717) is 18.3 Å². The van der Waals surface area contributed by atoms with Crippen LogP contribution in [0.1, 0.15) is 18.4 Å². The number of hydrogen-bond donors (Lipinski definition) is 2. The van der Waals surface area contributed by atoms with Crippen LogP contribution in [0.25, 0.3) is 0 Å². The van der Waals surface area contributed by atoms with Crippen molar-refractivity contribution in [1.29, 1.82) is 0 Å². The second-order valence-corrected chi connectivity index (χ2v) is 6.15. The van der Waals surface area contributed by atoms with Gasteiger partial charge in [0.2, 0.25) is 5.91 Å². The molecular weight excluding hydrogens is 264 g/mol. The van der Waals surface area contributed by atoms with Crippen LogP contribution in [0.5, 0.6) is 0 Å². The van der Waals surface area contributed by atoms with Crippen molar-refractivity contribution in [3.8, 4) is 0 Å². The Balaban J connectivity index is 1.57. The van der Waals surface area contributed by atoms with Crippen molar-refractivity contribution in [2.75, 3.05) is 43.8 Å². The molecule has 1 atom stereocenters. The van der Waals surface area contributed by atoms with Gasteiger partial charge in [-0.15, -0.1) is 0 Å². The number of nitrogens with zero attached hydrogens (tertiary/aromatic N) is 2. The molecule has 21 heavy (non-hydrogen) atoms. The smallest absolute Gasteiger partial charge is 0.238 e. The van der Waals surface area contributed by atoms with Crippen LogP contribution in [0, 0.1) is 6.92 Å². The normalized spacial score (nSPS) is 23.0. The van der Waals surface area contributed by atoms with Gasteiger partial charge in [-0.1, -0.05) is 12.1 Å². The van der Waals surface area contributed by atoms with Crippen LogP contribution < -0.4 is 11.1 Å². The van der Waals surface area contributed by atoms with Gasteiger partial charge < -0.3 is 11.1 Å². The molecule has 1 unspecified atom stereocenters. The lowest BCUT2D eigenvalue weighted by Gasteiger charge is -2.37. The van der Waals surface area contributed by atoms with Crippen molar-refractivity contribution in [3.63, 3.8) is 0 Å². The lowest BCUT2D eigenvalue weighted by atomic mass is 10.1. The van der Waals surface area contributed by atoms with Crippen LogP contribution in [-0.4, -0.2) is 54.5 Å². The molecule has 0 aromatic heterocycles. The summed E-state index contributed by atoms with van der Waals surface area (Å²) >= 11 is 0. The maximum absolute atomic E-state index is 12.3. The first kappa shape index (κ1) is 14.4. The first-order chi connectivity index (χ1) is 10.1. The lowest BCUT2D eigenvalue weighted by molar-refractivity contribution is -0.117. The summed E-state index contributed by atoms with van der Waals surface area (Å²) in [5.74, 6) is 0.0300. The summed E-state index contributed by atoms with van der Waals surface area (Å²) in [7, 11) is 0. The maximum Gasteiger partial charge on any atom is 0.238 e. The zero-order valence-corrected chi connectivity index (χ0v) is 12.6. The van der Waals surface area contributed by atoms with E-state index >= 15 is 0 Å². The molecule has 0 radical (unpaired) electrons. The molecular formula is C16H24N4O. The van der Waals surface area contributed by atoms with E-state index in [9.17, 15) is 4.79 Å². The molecule has 1 aromatic carbocycles. The van der Waals surface area contributed by atoms with E-state index in [1.807, 2.05) is 25.1 Å². The Labute approximate surface area is 126 Å². The summed E-state index contributed by atoms with van der Waals surface area (Å²) in [4.78, 5) is 17.1. The Kier molecular flexibility index (Phi) is 4.12. The van der Waals surface area contributed by atoms with Gasteiger partial charge in [-0.2, -0.15) is 0 Å². The molecule has 2 saturated heterocycles. The molecule has 2 fully saturated rings. The minimum atomic E-state index is 0.0300. The lowest BCUT2D eigenvalue weighted by Crippen LogP contribution is -2.51. The number of amides is 1. The predicted octanol–water partition coefficient (Wildman–Crippen LogP) is 1.30. The first-order valence-electron chi connectivity index (χ1n) is 7.75. The monoisotopic (exact) mass is 288 g/mol. The van der Waals surface area contributed by atoms with Crippen molar-refractivity contribution in [3.05, 3.63) is 23.8 Å². The van der Waals surface area contributed by atoms with E-state index in [0.717, 1.165) is 30.9 Å². The van der Waals surface area contributed by atoms with E-state index in [4.69, 9.17) is 5.73 Å². The van der Waals surface area contributed by atoms with Gasteiger partial charge in [0.25, 0.3) is 0 Å². The third kappa shape index (κ3) is 3.19. The molecule has 2 aliphatic rings. The molecule has 0 spiro atoms. The van der Waals surface area contributed by atoms with Gasteiger partial charge in [-0.3, -0.25) is 14.6 Å². The number of benzene rings is 1. The van der Waals surface area contributed by atoms with E-state index in [1.165, 1.54) is 19.4 Å². The number of hydrogen-bond acceptors (Lipinski definition) is 4. The zero-order chi connectivity index (χ0) is 14.8. The van der Waals surface area contributed by atoms with Crippen LogP contribution >= 0.6 is 0 Å². The van der Waals surface area contributed by atoms with E-state index in [2.05, 4.69) is 15.1 Å². The van der Waals surface area contributed by atoms with Gasteiger partial charge in [0.1, 0.15) is 0 Å². The summed E-state index contributed by atoms with van der Waals surface area (Å²) in [5, 5.41) is 2.97. The molecule has 5 nitrogen and oxygen atoms in total. The van der Waals surface area contributed by atoms with Crippen molar-refractivity contribution in [2.45, 2.75) is 25.8 Å².